The smallest absolute Gasteiger partial charge is 0.309 e. The molecule has 1 aliphatic rings. The molecule has 1 fully saturated rings. The van der Waals surface area contributed by atoms with Gasteiger partial charge in [-0.2, -0.15) is 4.31 Å². The molecule has 1 saturated heterocycles. The van der Waals surface area contributed by atoms with E-state index >= 15 is 0 Å². The van der Waals surface area contributed by atoms with E-state index in [0.29, 0.717) is 18.7 Å². The molecule has 10 heteroatoms. The largest absolute Gasteiger partial charge is 0.452 e. The summed E-state index contributed by atoms with van der Waals surface area (Å²) in [4.78, 5) is 28.5. The van der Waals surface area contributed by atoms with E-state index in [9.17, 15) is 18.0 Å². The van der Waals surface area contributed by atoms with E-state index in [2.05, 4.69) is 10.3 Å². The maximum atomic E-state index is 12.7. The van der Waals surface area contributed by atoms with Gasteiger partial charge < -0.3 is 14.6 Å². The van der Waals surface area contributed by atoms with Crippen LogP contribution in [0.25, 0.3) is 0 Å². The molecule has 1 N–H and O–H groups in total. The Morgan fingerprint density at radius 3 is 2.32 bits per heavy atom. The van der Waals surface area contributed by atoms with Gasteiger partial charge in [-0.15, -0.1) is 0 Å². The monoisotopic (exact) mass is 414 g/mol. The average Bonchev–Trinajstić information content (AvgIpc) is 2.93. The lowest BCUT2D eigenvalue weighted by molar-refractivity contribution is -0.160. The van der Waals surface area contributed by atoms with Gasteiger partial charge in [0, 0.05) is 31.9 Å². The molecular formula is C18H30N4O5S. The third-order valence-electron chi connectivity index (χ3n) is 4.64. The number of ether oxygens (including phenoxy) is 1. The molecule has 28 heavy (non-hydrogen) atoms. The Morgan fingerprint density at radius 1 is 1.29 bits per heavy atom. The van der Waals surface area contributed by atoms with Crippen molar-refractivity contribution in [3.8, 4) is 0 Å². The number of piperidine rings is 1. The Bertz CT molecular complexity index is 813. The zero-order valence-corrected chi connectivity index (χ0v) is 18.2. The van der Waals surface area contributed by atoms with Crippen LogP contribution in [0, 0.1) is 12.8 Å². The zero-order valence-electron chi connectivity index (χ0n) is 17.4. The van der Waals surface area contributed by atoms with Gasteiger partial charge in [0.05, 0.1) is 5.92 Å². The number of esters is 1. The van der Waals surface area contributed by atoms with Crippen molar-refractivity contribution in [2.75, 3.05) is 13.1 Å². The summed E-state index contributed by atoms with van der Waals surface area (Å²) in [6, 6.07) is 0. The minimum Gasteiger partial charge on any atom is -0.452 e. The number of aryl methyl sites for hydroxylation is 2. The Hall–Kier alpha value is -1.94. The predicted molar refractivity (Wildman–Crippen MR) is 103 cm³/mol. The summed E-state index contributed by atoms with van der Waals surface area (Å²) in [5.41, 5.74) is -0.415. The molecule has 0 aliphatic carbocycles. The highest BCUT2D eigenvalue weighted by Gasteiger charge is 2.35. The summed E-state index contributed by atoms with van der Waals surface area (Å²) in [7, 11) is -1.95. The van der Waals surface area contributed by atoms with Gasteiger partial charge in [-0.1, -0.05) is 0 Å². The van der Waals surface area contributed by atoms with Crippen LogP contribution in [0.3, 0.4) is 0 Å². The number of carbonyl (C=O) groups is 2. The van der Waals surface area contributed by atoms with E-state index < -0.39 is 33.6 Å². The molecule has 0 aromatic carbocycles. The van der Waals surface area contributed by atoms with Crippen molar-refractivity contribution in [2.45, 2.75) is 64.1 Å². The first-order chi connectivity index (χ1) is 12.8. The molecule has 1 atom stereocenters. The molecule has 1 aromatic rings. The van der Waals surface area contributed by atoms with Crippen molar-refractivity contribution in [1.29, 1.82) is 0 Å². The van der Waals surface area contributed by atoms with Gasteiger partial charge in [0.2, 0.25) is 0 Å². The number of nitrogens with zero attached hydrogens (tertiary/aromatic N) is 3. The van der Waals surface area contributed by atoms with Gasteiger partial charge in [-0.25, -0.2) is 13.4 Å². The second-order valence-corrected chi connectivity index (χ2v) is 10.1. The minimum atomic E-state index is -3.68. The Balaban J connectivity index is 1.92. The molecular weight excluding hydrogens is 384 g/mol. The normalized spacial score (nSPS) is 17.9. The standard InChI is InChI=1S/C18H30N4O5S/c1-12(16(23)20-18(3,4)5)27-17(24)14-7-9-22(10-8-14)28(25,26)15-11-21(6)13(2)19-15/h11-12,14H,7-10H2,1-6H3,(H,20,23). The fraction of sp³-hybridized carbons (Fsp3) is 0.722. The summed E-state index contributed by atoms with van der Waals surface area (Å²) < 4.78 is 33.7. The Labute approximate surface area is 166 Å². The number of hydrogen-bond donors (Lipinski definition) is 1. The number of aromatic nitrogens is 2. The molecule has 1 amide bonds. The molecule has 2 rings (SSSR count). The number of rotatable bonds is 5. The van der Waals surface area contributed by atoms with Gasteiger partial charge in [0.1, 0.15) is 5.82 Å². The maximum Gasteiger partial charge on any atom is 0.309 e. The van der Waals surface area contributed by atoms with Crippen LogP contribution < -0.4 is 5.32 Å². The predicted octanol–water partition coefficient (Wildman–Crippen LogP) is 0.976. The van der Waals surface area contributed by atoms with E-state index in [1.165, 1.54) is 17.4 Å². The minimum absolute atomic E-state index is 0.0148. The van der Waals surface area contributed by atoms with Crippen LogP contribution in [-0.2, 0) is 31.4 Å². The van der Waals surface area contributed by atoms with Gasteiger partial charge in [-0.05, 0) is 47.5 Å². The Kier molecular flexibility index (Phi) is 6.55. The third kappa shape index (κ3) is 5.32. The lowest BCUT2D eigenvalue weighted by atomic mass is 9.98. The summed E-state index contributed by atoms with van der Waals surface area (Å²) in [6.07, 6.45) is 1.28. The quantitative estimate of drug-likeness (QED) is 0.719. The van der Waals surface area contributed by atoms with Gasteiger partial charge in [0.15, 0.2) is 11.1 Å². The van der Waals surface area contributed by atoms with Gasteiger partial charge >= 0.3 is 5.97 Å². The average molecular weight is 415 g/mol. The van der Waals surface area contributed by atoms with Crippen molar-refractivity contribution in [3.63, 3.8) is 0 Å². The number of amides is 1. The van der Waals surface area contributed by atoms with Gasteiger partial charge in [0.25, 0.3) is 15.9 Å². The van der Waals surface area contributed by atoms with Crippen LogP contribution in [0.1, 0.15) is 46.4 Å². The Morgan fingerprint density at radius 2 is 1.86 bits per heavy atom. The fourth-order valence-electron chi connectivity index (χ4n) is 2.91. The molecule has 0 spiro atoms. The topological polar surface area (TPSA) is 111 Å². The highest BCUT2D eigenvalue weighted by molar-refractivity contribution is 7.89. The van der Waals surface area contributed by atoms with Crippen LogP contribution in [0.4, 0.5) is 0 Å². The van der Waals surface area contributed by atoms with E-state index in [-0.39, 0.29) is 24.0 Å². The molecule has 0 saturated carbocycles. The molecule has 9 nitrogen and oxygen atoms in total. The molecule has 0 radical (unpaired) electrons. The van der Waals surface area contributed by atoms with Crippen molar-refractivity contribution in [2.24, 2.45) is 13.0 Å². The van der Waals surface area contributed by atoms with Crippen molar-refractivity contribution in [1.82, 2.24) is 19.2 Å². The first kappa shape index (κ1) is 22.4. The van der Waals surface area contributed by atoms with Crippen LogP contribution in [0.15, 0.2) is 11.2 Å². The summed E-state index contributed by atoms with van der Waals surface area (Å²) in [5.74, 6) is -0.643. The molecule has 1 unspecified atom stereocenters. The number of sulfonamides is 1. The lowest BCUT2D eigenvalue weighted by Gasteiger charge is -2.30. The lowest BCUT2D eigenvalue weighted by Crippen LogP contribution is -2.47. The van der Waals surface area contributed by atoms with Crippen LogP contribution >= 0.6 is 0 Å². The van der Waals surface area contributed by atoms with Crippen LogP contribution in [0.2, 0.25) is 0 Å². The van der Waals surface area contributed by atoms with Crippen molar-refractivity contribution >= 4 is 21.9 Å². The molecule has 1 aliphatic heterocycles. The first-order valence-corrected chi connectivity index (χ1v) is 10.8. The van der Waals surface area contributed by atoms with Crippen LogP contribution in [0.5, 0.6) is 0 Å². The maximum absolute atomic E-state index is 12.7. The highest BCUT2D eigenvalue weighted by Crippen LogP contribution is 2.24. The number of nitrogens with one attached hydrogen (secondary N) is 1. The summed E-state index contributed by atoms with van der Waals surface area (Å²) >= 11 is 0. The number of carbonyl (C=O) groups excluding carboxylic acids is 2. The van der Waals surface area contributed by atoms with E-state index in [1.54, 1.807) is 18.5 Å². The molecule has 1 aromatic heterocycles. The zero-order chi connectivity index (χ0) is 21.3. The fourth-order valence-corrected chi connectivity index (χ4v) is 4.40. The van der Waals surface area contributed by atoms with E-state index in [0.717, 1.165) is 0 Å². The molecule has 2 heterocycles. The van der Waals surface area contributed by atoms with Gasteiger partial charge in [-0.3, -0.25) is 9.59 Å². The third-order valence-corrected chi connectivity index (χ3v) is 6.41. The summed E-state index contributed by atoms with van der Waals surface area (Å²) in [5, 5.41) is 2.78. The van der Waals surface area contributed by atoms with Crippen molar-refractivity contribution < 1.29 is 22.7 Å². The highest BCUT2D eigenvalue weighted by atomic mass is 32.2. The first-order valence-electron chi connectivity index (χ1n) is 9.34. The molecule has 0 bridgehead atoms. The SMILES string of the molecule is Cc1nc(S(=O)(=O)N2CCC(C(=O)OC(C)C(=O)NC(C)(C)C)CC2)cn1C. The van der Waals surface area contributed by atoms with Crippen LogP contribution in [-0.4, -0.2) is 58.9 Å². The summed E-state index contributed by atoms with van der Waals surface area (Å²) in [6.45, 7) is 9.22. The number of imidazole rings is 1. The van der Waals surface area contributed by atoms with E-state index in [4.69, 9.17) is 4.74 Å². The molecule has 158 valence electrons. The van der Waals surface area contributed by atoms with Crippen molar-refractivity contribution in [3.05, 3.63) is 12.0 Å². The van der Waals surface area contributed by atoms with E-state index in [1.807, 2.05) is 20.8 Å². The second kappa shape index (κ2) is 8.20. The second-order valence-electron chi connectivity index (χ2n) is 8.23. The number of hydrogen-bond acceptors (Lipinski definition) is 6.